The second-order valence-corrected chi connectivity index (χ2v) is 3.25. The van der Waals surface area contributed by atoms with Gasteiger partial charge in [0.15, 0.2) is 0 Å². The van der Waals surface area contributed by atoms with Crippen molar-refractivity contribution < 1.29 is 13.2 Å². The van der Waals surface area contributed by atoms with Gasteiger partial charge in [-0.3, -0.25) is 0 Å². The summed E-state index contributed by atoms with van der Waals surface area (Å²) in [4.78, 5) is 0. The summed E-state index contributed by atoms with van der Waals surface area (Å²) in [6.45, 7) is 3.52. The van der Waals surface area contributed by atoms with Gasteiger partial charge in [-0.2, -0.15) is 13.2 Å². The zero-order valence-corrected chi connectivity index (χ0v) is 9.31. The van der Waals surface area contributed by atoms with Crippen LogP contribution in [0.3, 0.4) is 0 Å². The van der Waals surface area contributed by atoms with Crippen LogP contribution in [0, 0.1) is 0 Å². The molecule has 1 rings (SSSR count). The lowest BCUT2D eigenvalue weighted by Crippen LogP contribution is -2.10. The predicted molar refractivity (Wildman–Crippen MR) is 60.4 cm³/mol. The Hall–Kier alpha value is -1.00. The van der Waals surface area contributed by atoms with E-state index in [1.54, 1.807) is 6.08 Å². The standard InChI is InChI=1S/C11H12F3N.ClH/c1-2-3-10(15)8-4-6-9(7-5-8)11(12,13)14;/h2,4-7,10H,1,3,15H2;1H. The minimum atomic E-state index is -4.29. The van der Waals surface area contributed by atoms with E-state index in [9.17, 15) is 13.2 Å². The van der Waals surface area contributed by atoms with Gasteiger partial charge in [0.1, 0.15) is 0 Å². The topological polar surface area (TPSA) is 26.0 Å². The van der Waals surface area contributed by atoms with Crippen LogP contribution in [0.15, 0.2) is 36.9 Å². The summed E-state index contributed by atoms with van der Waals surface area (Å²) >= 11 is 0. The third kappa shape index (κ3) is 3.87. The maximum Gasteiger partial charge on any atom is 0.416 e. The first kappa shape index (κ1) is 15.0. The summed E-state index contributed by atoms with van der Waals surface area (Å²) in [6, 6.07) is 4.59. The van der Waals surface area contributed by atoms with Crippen molar-refractivity contribution in [2.24, 2.45) is 5.73 Å². The molecular formula is C11H13ClF3N. The summed E-state index contributed by atoms with van der Waals surface area (Å²) in [5.41, 5.74) is 5.74. The lowest BCUT2D eigenvalue weighted by molar-refractivity contribution is -0.137. The fraction of sp³-hybridized carbons (Fsp3) is 0.273. The molecule has 0 bridgehead atoms. The number of halogens is 4. The van der Waals surface area contributed by atoms with Crippen molar-refractivity contribution in [2.45, 2.75) is 18.6 Å². The van der Waals surface area contributed by atoms with Gasteiger partial charge in [-0.05, 0) is 24.1 Å². The summed E-state index contributed by atoms with van der Waals surface area (Å²) < 4.78 is 36.7. The Bertz CT molecular complexity index is 332. The number of hydrogen-bond donors (Lipinski definition) is 1. The molecule has 0 saturated heterocycles. The molecule has 0 amide bonds. The molecular weight excluding hydrogens is 239 g/mol. The molecule has 0 saturated carbocycles. The van der Waals surface area contributed by atoms with Gasteiger partial charge in [0.2, 0.25) is 0 Å². The number of hydrogen-bond acceptors (Lipinski definition) is 1. The van der Waals surface area contributed by atoms with Crippen molar-refractivity contribution in [3.63, 3.8) is 0 Å². The van der Waals surface area contributed by atoms with Crippen molar-refractivity contribution in [1.82, 2.24) is 0 Å². The smallest absolute Gasteiger partial charge is 0.324 e. The quantitative estimate of drug-likeness (QED) is 0.815. The van der Waals surface area contributed by atoms with E-state index in [2.05, 4.69) is 6.58 Å². The SMILES string of the molecule is C=CCC(N)c1ccc(C(F)(F)F)cc1.Cl. The monoisotopic (exact) mass is 251 g/mol. The first-order valence-corrected chi connectivity index (χ1v) is 4.49. The van der Waals surface area contributed by atoms with Gasteiger partial charge in [0, 0.05) is 6.04 Å². The van der Waals surface area contributed by atoms with Gasteiger partial charge >= 0.3 is 6.18 Å². The van der Waals surface area contributed by atoms with Crippen LogP contribution in [0.2, 0.25) is 0 Å². The molecule has 0 spiro atoms. The first-order valence-electron chi connectivity index (χ1n) is 4.49. The molecule has 0 aliphatic rings. The second-order valence-electron chi connectivity index (χ2n) is 3.25. The van der Waals surface area contributed by atoms with E-state index in [1.165, 1.54) is 12.1 Å². The third-order valence-electron chi connectivity index (χ3n) is 2.09. The molecule has 0 heterocycles. The van der Waals surface area contributed by atoms with Gasteiger partial charge in [0.25, 0.3) is 0 Å². The summed E-state index contributed by atoms with van der Waals surface area (Å²) in [6.07, 6.45) is -2.10. The summed E-state index contributed by atoms with van der Waals surface area (Å²) in [7, 11) is 0. The van der Waals surface area contributed by atoms with Crippen LogP contribution in [0.1, 0.15) is 23.6 Å². The van der Waals surface area contributed by atoms with E-state index in [1.807, 2.05) is 0 Å². The molecule has 0 radical (unpaired) electrons. The van der Waals surface area contributed by atoms with Gasteiger partial charge in [0.05, 0.1) is 5.56 Å². The predicted octanol–water partition coefficient (Wildman–Crippen LogP) is 3.70. The Morgan fingerprint density at radius 2 is 1.75 bits per heavy atom. The van der Waals surface area contributed by atoms with Crippen LogP contribution in [0.25, 0.3) is 0 Å². The molecule has 16 heavy (non-hydrogen) atoms. The highest BCUT2D eigenvalue weighted by Crippen LogP contribution is 2.29. The Balaban J connectivity index is 0.00000225. The summed E-state index contributed by atoms with van der Waals surface area (Å²) in [5, 5.41) is 0. The number of nitrogens with two attached hydrogens (primary N) is 1. The zero-order chi connectivity index (χ0) is 11.5. The Kier molecular flexibility index (Phi) is 5.55. The molecule has 1 unspecified atom stereocenters. The minimum absolute atomic E-state index is 0. The van der Waals surface area contributed by atoms with Crippen LogP contribution < -0.4 is 5.73 Å². The Morgan fingerprint density at radius 3 is 2.12 bits per heavy atom. The van der Waals surface area contributed by atoms with E-state index in [0.29, 0.717) is 12.0 Å². The molecule has 1 atom stereocenters. The fourth-order valence-corrected chi connectivity index (χ4v) is 1.23. The highest BCUT2D eigenvalue weighted by Gasteiger charge is 2.30. The van der Waals surface area contributed by atoms with E-state index in [4.69, 9.17) is 5.73 Å². The van der Waals surface area contributed by atoms with Crippen molar-refractivity contribution in [3.05, 3.63) is 48.0 Å². The highest BCUT2D eigenvalue weighted by atomic mass is 35.5. The molecule has 0 fully saturated rings. The summed E-state index contributed by atoms with van der Waals surface area (Å²) in [5.74, 6) is 0. The second kappa shape index (κ2) is 5.92. The average Bonchev–Trinajstić information content (AvgIpc) is 2.17. The average molecular weight is 252 g/mol. The fourth-order valence-electron chi connectivity index (χ4n) is 1.23. The van der Waals surface area contributed by atoms with Crippen molar-refractivity contribution >= 4 is 12.4 Å². The molecule has 5 heteroatoms. The zero-order valence-electron chi connectivity index (χ0n) is 8.50. The highest BCUT2D eigenvalue weighted by molar-refractivity contribution is 5.85. The maximum atomic E-state index is 12.2. The molecule has 0 aliphatic heterocycles. The van der Waals surface area contributed by atoms with Crippen molar-refractivity contribution in [3.8, 4) is 0 Å². The number of benzene rings is 1. The molecule has 1 nitrogen and oxygen atoms in total. The van der Waals surface area contributed by atoms with Crippen LogP contribution in [0.4, 0.5) is 13.2 Å². The van der Waals surface area contributed by atoms with E-state index in [-0.39, 0.29) is 18.4 Å². The molecule has 1 aromatic rings. The van der Waals surface area contributed by atoms with Gasteiger partial charge in [-0.15, -0.1) is 19.0 Å². The lowest BCUT2D eigenvalue weighted by atomic mass is 10.0. The van der Waals surface area contributed by atoms with Gasteiger partial charge in [-0.1, -0.05) is 18.2 Å². The Labute approximate surface area is 98.6 Å². The van der Waals surface area contributed by atoms with E-state index >= 15 is 0 Å². The van der Waals surface area contributed by atoms with Crippen molar-refractivity contribution in [2.75, 3.05) is 0 Å². The normalized spacial score (nSPS) is 12.8. The van der Waals surface area contributed by atoms with Crippen LogP contribution in [0.5, 0.6) is 0 Å². The molecule has 0 aliphatic carbocycles. The van der Waals surface area contributed by atoms with Crippen LogP contribution in [-0.2, 0) is 6.18 Å². The lowest BCUT2D eigenvalue weighted by Gasteiger charge is -2.11. The number of rotatable bonds is 3. The molecule has 90 valence electrons. The Morgan fingerprint density at radius 1 is 1.25 bits per heavy atom. The largest absolute Gasteiger partial charge is 0.416 e. The van der Waals surface area contributed by atoms with E-state index < -0.39 is 11.7 Å². The first-order chi connectivity index (χ1) is 6.95. The van der Waals surface area contributed by atoms with Crippen LogP contribution >= 0.6 is 12.4 Å². The molecule has 1 aromatic carbocycles. The molecule has 2 N–H and O–H groups in total. The van der Waals surface area contributed by atoms with Gasteiger partial charge in [-0.25, -0.2) is 0 Å². The van der Waals surface area contributed by atoms with Crippen molar-refractivity contribution in [1.29, 1.82) is 0 Å². The molecule has 0 aromatic heterocycles. The maximum absolute atomic E-state index is 12.2. The van der Waals surface area contributed by atoms with Gasteiger partial charge < -0.3 is 5.73 Å². The van der Waals surface area contributed by atoms with E-state index in [0.717, 1.165) is 12.1 Å². The third-order valence-corrected chi connectivity index (χ3v) is 2.09. The minimum Gasteiger partial charge on any atom is -0.324 e. The van der Waals surface area contributed by atoms with Crippen LogP contribution in [-0.4, -0.2) is 0 Å². The number of alkyl halides is 3.